The Bertz CT molecular complexity index is 3710. The van der Waals surface area contributed by atoms with Gasteiger partial charge in [0.1, 0.15) is 34.1 Å². The van der Waals surface area contributed by atoms with Crippen molar-refractivity contribution in [2.75, 3.05) is 11.1 Å². The van der Waals surface area contributed by atoms with Gasteiger partial charge in [-0.15, -0.1) is 23.1 Å². The van der Waals surface area contributed by atoms with E-state index in [1.807, 2.05) is 206 Å². The summed E-state index contributed by atoms with van der Waals surface area (Å²) in [6.45, 7) is 1.64. The monoisotopic (exact) mass is 1130 g/mol. The minimum Gasteiger partial charge on any atom is -0.448 e. The Labute approximate surface area is 488 Å². The normalized spacial score (nSPS) is 16.6. The van der Waals surface area contributed by atoms with Crippen molar-refractivity contribution >= 4 is 57.7 Å². The van der Waals surface area contributed by atoms with Gasteiger partial charge in [-0.05, 0) is 52.5 Å². The molecule has 2 N–H and O–H groups in total. The molecule has 2 atom stereocenters. The Morgan fingerprint density at radius 2 is 1.10 bits per heavy atom. The lowest BCUT2D eigenvalue weighted by atomic mass is 9.77. The van der Waals surface area contributed by atoms with Crippen LogP contribution >= 0.6 is 23.1 Å². The van der Waals surface area contributed by atoms with Crippen LogP contribution in [0.25, 0.3) is 0 Å². The van der Waals surface area contributed by atoms with E-state index in [0.717, 1.165) is 33.4 Å². The molecular weight excluding hydrogens is 1070 g/mol. The van der Waals surface area contributed by atoms with Crippen molar-refractivity contribution in [3.63, 3.8) is 0 Å². The second kappa shape index (κ2) is 23.7. The van der Waals surface area contributed by atoms with Gasteiger partial charge in [0, 0.05) is 33.4 Å². The molecule has 0 saturated carbocycles. The number of thiazole rings is 1. The standard InChI is InChI=1S/C69H53N5O7S2/c1-46-42-56(79-65(46)77)43-49-44-82-64-59(63(76)74(64)60(49)66(78)80-61(47-26-10-2-11-27-47)48-28-12-3-13-29-48)71-62(75)58(73-81-69(53-36-20-7-21-37-53,54-38-22-8-23-39-54)55-40-24-9-25-41-55)57-45-83-67(70-57)72-68(50-30-14-4-15-31-50,51-32-16-5-17-33-51)52-34-18-6-19-35-52/h2-43,45,59,61,64H,44H2,1H3,(H,70,72)(H,71,75)/b56-43+,73-58+/t59-,64-/m1/s1. The number of esters is 2. The zero-order valence-corrected chi connectivity index (χ0v) is 46.4. The molecule has 0 aliphatic carbocycles. The summed E-state index contributed by atoms with van der Waals surface area (Å²) in [5.74, 6) is -2.22. The summed E-state index contributed by atoms with van der Waals surface area (Å²) in [7, 11) is 0. The predicted octanol–water partition coefficient (Wildman–Crippen LogP) is 12.6. The van der Waals surface area contributed by atoms with E-state index >= 15 is 4.79 Å². The number of nitrogens with one attached hydrogen (secondary N) is 2. The number of aromatic nitrogens is 1. The average Bonchev–Trinajstić information content (AvgIpc) is 3.60. The third kappa shape index (κ3) is 10.6. The number of ether oxygens (including phenoxy) is 2. The van der Waals surface area contributed by atoms with Gasteiger partial charge in [-0.3, -0.25) is 14.5 Å². The van der Waals surface area contributed by atoms with E-state index in [1.165, 1.54) is 28.0 Å². The molecule has 8 aromatic carbocycles. The SMILES string of the molecule is CC1=C/C(=C\C2=C(C(=O)OC(c3ccccc3)c3ccccc3)N3C(=O)[C@@H](NC(=O)/C(=N/OC(c4ccccc4)(c4ccccc4)c4ccccc4)c4csc(NC(c5ccccc5)(c5ccccc5)c5ccccc5)n4)[C@H]3SC2)OC1=O. The zero-order chi connectivity index (χ0) is 56.8. The van der Waals surface area contributed by atoms with E-state index in [9.17, 15) is 14.4 Å². The van der Waals surface area contributed by atoms with Crippen LogP contribution in [0.5, 0.6) is 0 Å². The van der Waals surface area contributed by atoms with Gasteiger partial charge < -0.3 is 24.9 Å². The highest BCUT2D eigenvalue weighted by Crippen LogP contribution is 2.45. The van der Waals surface area contributed by atoms with Crippen molar-refractivity contribution in [2.24, 2.45) is 5.16 Å². The van der Waals surface area contributed by atoms with E-state index in [0.29, 0.717) is 27.4 Å². The highest BCUT2D eigenvalue weighted by molar-refractivity contribution is 8.00. The molecule has 2 amide bonds. The number of β-lactam (4-membered cyclic amide) rings is 1. The molecule has 0 radical (unpaired) electrons. The van der Waals surface area contributed by atoms with Crippen molar-refractivity contribution in [1.29, 1.82) is 0 Å². The molecule has 1 aromatic heterocycles. The van der Waals surface area contributed by atoms with Crippen molar-refractivity contribution < 1.29 is 33.5 Å². The van der Waals surface area contributed by atoms with Crippen LogP contribution in [0.2, 0.25) is 0 Å². The van der Waals surface area contributed by atoms with Crippen LogP contribution in [0.4, 0.5) is 5.13 Å². The van der Waals surface area contributed by atoms with Crippen LogP contribution in [-0.2, 0) is 44.6 Å². The third-order valence-electron chi connectivity index (χ3n) is 14.8. The van der Waals surface area contributed by atoms with E-state index in [1.54, 1.807) is 24.5 Å². The van der Waals surface area contributed by atoms with Crippen LogP contribution in [0.15, 0.2) is 288 Å². The van der Waals surface area contributed by atoms with Gasteiger partial charge in [-0.2, -0.15) is 0 Å². The maximum Gasteiger partial charge on any atom is 0.356 e. The molecule has 9 aromatic rings. The van der Waals surface area contributed by atoms with Crippen molar-refractivity contribution in [3.05, 3.63) is 333 Å². The lowest BCUT2D eigenvalue weighted by Crippen LogP contribution is -2.71. The Hall–Kier alpha value is -9.89. The minimum absolute atomic E-state index is 0.0350. The van der Waals surface area contributed by atoms with E-state index < -0.39 is 52.4 Å². The highest BCUT2D eigenvalue weighted by Gasteiger charge is 2.55. The van der Waals surface area contributed by atoms with Crippen LogP contribution in [0, 0.1) is 0 Å². The Morgan fingerprint density at radius 1 is 0.651 bits per heavy atom. The molecule has 4 heterocycles. The summed E-state index contributed by atoms with van der Waals surface area (Å²) in [5, 5.41) is 13.2. The first kappa shape index (κ1) is 53.7. The van der Waals surface area contributed by atoms with Gasteiger partial charge in [0.05, 0.1) is 0 Å². The average molecular weight is 1130 g/mol. The van der Waals surface area contributed by atoms with E-state index in [4.69, 9.17) is 24.5 Å². The molecule has 3 aliphatic rings. The second-order valence-electron chi connectivity index (χ2n) is 19.9. The number of carbonyl (C=O) groups is 4. The van der Waals surface area contributed by atoms with Gasteiger partial charge >= 0.3 is 11.9 Å². The summed E-state index contributed by atoms with van der Waals surface area (Å²) in [4.78, 5) is 71.6. The topological polar surface area (TPSA) is 149 Å². The molecule has 3 aliphatic heterocycles. The fraction of sp³-hybridized carbons (Fsp3) is 0.101. The number of carbonyl (C=O) groups excluding carboxylic acids is 4. The molecule has 0 spiro atoms. The number of anilines is 1. The van der Waals surface area contributed by atoms with Crippen molar-refractivity contribution in [2.45, 2.75) is 35.6 Å². The third-order valence-corrected chi connectivity index (χ3v) is 16.9. The Kier molecular flexibility index (Phi) is 15.3. The lowest BCUT2D eigenvalue weighted by Gasteiger charge is -2.49. The van der Waals surface area contributed by atoms with Crippen LogP contribution in [0.1, 0.15) is 63.2 Å². The van der Waals surface area contributed by atoms with Crippen molar-refractivity contribution in [3.8, 4) is 0 Å². The number of fused-ring (bicyclic) bond motifs is 1. The number of cyclic esters (lactones) is 1. The highest BCUT2D eigenvalue weighted by atomic mass is 32.2. The fourth-order valence-electron chi connectivity index (χ4n) is 10.8. The predicted molar refractivity (Wildman–Crippen MR) is 323 cm³/mol. The van der Waals surface area contributed by atoms with Crippen LogP contribution in [-0.4, -0.2) is 56.5 Å². The molecular formula is C69H53N5O7S2. The van der Waals surface area contributed by atoms with Gasteiger partial charge in [-0.25, -0.2) is 14.6 Å². The molecule has 0 unspecified atom stereocenters. The fourth-order valence-corrected chi connectivity index (χ4v) is 12.9. The van der Waals surface area contributed by atoms with Crippen LogP contribution in [0.3, 0.4) is 0 Å². The molecule has 408 valence electrons. The summed E-state index contributed by atoms with van der Waals surface area (Å²) in [6, 6.07) is 76.9. The van der Waals surface area contributed by atoms with E-state index in [-0.39, 0.29) is 28.6 Å². The maximum absolute atomic E-state index is 15.6. The molecule has 1 saturated heterocycles. The number of hydrogen-bond acceptors (Lipinski definition) is 12. The number of amides is 2. The minimum atomic E-state index is -1.40. The molecule has 83 heavy (non-hydrogen) atoms. The Balaban J connectivity index is 0.944. The number of oxime groups is 1. The van der Waals surface area contributed by atoms with Gasteiger partial charge in [0.2, 0.25) is 5.60 Å². The largest absolute Gasteiger partial charge is 0.448 e. The second-order valence-corrected chi connectivity index (χ2v) is 21.9. The van der Waals surface area contributed by atoms with Gasteiger partial charge in [0.15, 0.2) is 16.9 Å². The summed E-state index contributed by atoms with van der Waals surface area (Å²) in [6.07, 6.45) is 2.33. The lowest BCUT2D eigenvalue weighted by molar-refractivity contribution is -0.154. The van der Waals surface area contributed by atoms with E-state index in [2.05, 4.69) is 47.0 Å². The number of thioether (sulfide) groups is 1. The number of allylic oxidation sites excluding steroid dienone is 2. The Morgan fingerprint density at radius 3 is 1.54 bits per heavy atom. The van der Waals surface area contributed by atoms with Gasteiger partial charge in [-0.1, -0.05) is 248 Å². The molecule has 14 heteroatoms. The maximum atomic E-state index is 15.6. The molecule has 12 rings (SSSR count). The zero-order valence-electron chi connectivity index (χ0n) is 44.8. The number of nitrogens with zero attached hydrogens (tertiary/aromatic N) is 3. The van der Waals surface area contributed by atoms with Crippen molar-refractivity contribution in [1.82, 2.24) is 15.2 Å². The van der Waals surface area contributed by atoms with Gasteiger partial charge in [0.25, 0.3) is 11.8 Å². The smallest absolute Gasteiger partial charge is 0.356 e. The summed E-state index contributed by atoms with van der Waals surface area (Å²) < 4.78 is 12.0. The first-order chi connectivity index (χ1) is 40.7. The molecule has 0 bridgehead atoms. The molecule has 1 fully saturated rings. The number of benzene rings is 8. The first-order valence-corrected chi connectivity index (χ1v) is 28.9. The first-order valence-electron chi connectivity index (χ1n) is 27.0. The number of hydrogen-bond donors (Lipinski definition) is 2. The molecule has 12 nitrogen and oxygen atoms in total. The van der Waals surface area contributed by atoms with Crippen LogP contribution < -0.4 is 10.6 Å². The quantitative estimate of drug-likeness (QED) is 0.0280. The summed E-state index contributed by atoms with van der Waals surface area (Å²) >= 11 is 2.63. The summed E-state index contributed by atoms with van der Waals surface area (Å²) in [5.41, 5.74) is 4.83. The number of rotatable bonds is 18.